The largest absolute Gasteiger partial charge is 0.471 e. The maximum Gasteiger partial charge on any atom is 0.233 e. The van der Waals surface area contributed by atoms with Crippen LogP contribution in [-0.4, -0.2) is 21.1 Å². The van der Waals surface area contributed by atoms with Crippen LogP contribution in [0.4, 0.5) is 0 Å². The van der Waals surface area contributed by atoms with E-state index in [2.05, 4.69) is 10.1 Å². The van der Waals surface area contributed by atoms with Crippen molar-refractivity contribution in [2.45, 2.75) is 6.73 Å². The maximum absolute atomic E-state index is 10.3. The lowest BCUT2D eigenvalue weighted by molar-refractivity contribution is 0.220. The number of hydrogen-bond acceptors (Lipinski definition) is 4. The van der Waals surface area contributed by atoms with Crippen LogP contribution in [0.15, 0.2) is 36.9 Å². The summed E-state index contributed by atoms with van der Waals surface area (Å²) < 4.78 is 6.94. The topological polar surface area (TPSA) is 57.0 Å². The van der Waals surface area contributed by atoms with Gasteiger partial charge in [0.25, 0.3) is 0 Å². The summed E-state index contributed by atoms with van der Waals surface area (Å²) in [6, 6.07) is 6.70. The van der Waals surface area contributed by atoms with E-state index in [0.717, 1.165) is 0 Å². The van der Waals surface area contributed by atoms with Crippen LogP contribution in [0.1, 0.15) is 5.56 Å². The number of aromatic nitrogens is 3. The van der Waals surface area contributed by atoms with Crippen LogP contribution in [0.3, 0.4) is 0 Å². The molecule has 0 spiro atoms. The van der Waals surface area contributed by atoms with Gasteiger partial charge in [-0.3, -0.25) is 4.79 Å². The first-order chi connectivity index (χ1) is 7.38. The Balaban J connectivity index is 1.96. The SMILES string of the molecule is O=[C]c1ccc(OCn2cncn2)cc1. The average molecular weight is 202 g/mol. The summed E-state index contributed by atoms with van der Waals surface area (Å²) in [7, 11) is 0. The molecule has 0 aliphatic rings. The molecular weight excluding hydrogens is 194 g/mol. The van der Waals surface area contributed by atoms with Crippen molar-refractivity contribution in [3.05, 3.63) is 42.5 Å². The Labute approximate surface area is 86.3 Å². The molecule has 1 aromatic carbocycles. The van der Waals surface area contributed by atoms with Crippen molar-refractivity contribution in [1.82, 2.24) is 14.8 Å². The highest BCUT2D eigenvalue weighted by Gasteiger charge is 1.95. The molecule has 0 fully saturated rings. The Kier molecular flexibility index (Phi) is 2.73. The van der Waals surface area contributed by atoms with Gasteiger partial charge in [-0.25, -0.2) is 9.67 Å². The molecule has 1 heterocycles. The molecule has 15 heavy (non-hydrogen) atoms. The van der Waals surface area contributed by atoms with E-state index in [1.807, 2.05) is 0 Å². The van der Waals surface area contributed by atoms with Crippen LogP contribution < -0.4 is 4.74 Å². The van der Waals surface area contributed by atoms with Crippen LogP contribution >= 0.6 is 0 Å². The third-order valence-electron chi connectivity index (χ3n) is 1.80. The zero-order valence-corrected chi connectivity index (χ0v) is 7.83. The Bertz CT molecular complexity index is 422. The molecule has 0 amide bonds. The number of carbonyl (C=O) groups excluding carboxylic acids is 1. The van der Waals surface area contributed by atoms with Gasteiger partial charge >= 0.3 is 0 Å². The quantitative estimate of drug-likeness (QED) is 0.734. The molecule has 5 heteroatoms. The molecule has 1 radical (unpaired) electrons. The minimum absolute atomic E-state index is 0.296. The van der Waals surface area contributed by atoms with Crippen LogP contribution in [0, 0.1) is 0 Å². The minimum Gasteiger partial charge on any atom is -0.471 e. The summed E-state index contributed by atoms with van der Waals surface area (Å²) in [4.78, 5) is 14.1. The highest BCUT2D eigenvalue weighted by molar-refractivity contribution is 5.75. The standard InChI is InChI=1S/C10H8N3O2/c14-5-9-1-3-10(4-2-9)15-8-13-7-11-6-12-13/h1-4,6-7H,8H2. The first-order valence-corrected chi connectivity index (χ1v) is 4.32. The van der Waals surface area contributed by atoms with Gasteiger partial charge in [0.1, 0.15) is 18.4 Å². The van der Waals surface area contributed by atoms with Crippen molar-refractivity contribution in [2.24, 2.45) is 0 Å². The second-order valence-electron chi connectivity index (χ2n) is 2.83. The molecule has 0 atom stereocenters. The summed E-state index contributed by atoms with van der Waals surface area (Å²) in [5.74, 6) is 0.671. The Morgan fingerprint density at radius 3 is 2.73 bits per heavy atom. The van der Waals surface area contributed by atoms with E-state index in [9.17, 15) is 4.79 Å². The van der Waals surface area contributed by atoms with Gasteiger partial charge in [0.15, 0.2) is 6.73 Å². The van der Waals surface area contributed by atoms with Crippen LogP contribution in [-0.2, 0) is 11.5 Å². The molecule has 0 bridgehead atoms. The number of benzene rings is 1. The molecule has 5 nitrogen and oxygen atoms in total. The molecule has 2 rings (SSSR count). The van der Waals surface area contributed by atoms with Crippen molar-refractivity contribution < 1.29 is 9.53 Å². The third-order valence-corrected chi connectivity index (χ3v) is 1.80. The van der Waals surface area contributed by atoms with Crippen LogP contribution in [0.25, 0.3) is 0 Å². The Morgan fingerprint density at radius 1 is 1.33 bits per heavy atom. The van der Waals surface area contributed by atoms with Crippen molar-refractivity contribution in [1.29, 1.82) is 0 Å². The molecule has 0 saturated heterocycles. The van der Waals surface area contributed by atoms with Gasteiger partial charge in [-0.1, -0.05) is 0 Å². The van der Waals surface area contributed by atoms with Gasteiger partial charge in [-0.05, 0) is 24.3 Å². The highest BCUT2D eigenvalue weighted by Crippen LogP contribution is 2.11. The second-order valence-corrected chi connectivity index (χ2v) is 2.83. The molecule has 0 N–H and O–H groups in total. The van der Waals surface area contributed by atoms with Gasteiger partial charge in [0, 0.05) is 5.56 Å². The summed E-state index contributed by atoms with van der Waals surface area (Å²) in [6.07, 6.45) is 4.79. The maximum atomic E-state index is 10.3. The molecule has 1 aromatic heterocycles. The average Bonchev–Trinajstić information content (AvgIpc) is 2.80. The van der Waals surface area contributed by atoms with Crippen molar-refractivity contribution >= 4 is 6.29 Å². The first kappa shape index (κ1) is 9.39. The third kappa shape index (κ3) is 2.40. The van der Waals surface area contributed by atoms with E-state index < -0.39 is 0 Å². The molecule has 0 aliphatic heterocycles. The van der Waals surface area contributed by atoms with Crippen molar-refractivity contribution in [3.8, 4) is 5.75 Å². The van der Waals surface area contributed by atoms with Crippen LogP contribution in [0.5, 0.6) is 5.75 Å². The summed E-state index contributed by atoms with van der Waals surface area (Å²) in [5.41, 5.74) is 0.503. The summed E-state index contributed by atoms with van der Waals surface area (Å²) >= 11 is 0. The van der Waals surface area contributed by atoms with Gasteiger partial charge in [0.2, 0.25) is 6.29 Å². The first-order valence-electron chi connectivity index (χ1n) is 4.32. The van der Waals surface area contributed by atoms with Gasteiger partial charge in [0.05, 0.1) is 0 Å². The van der Waals surface area contributed by atoms with E-state index in [1.165, 1.54) is 6.33 Å². The molecule has 75 valence electrons. The van der Waals surface area contributed by atoms with E-state index in [-0.39, 0.29) is 0 Å². The van der Waals surface area contributed by atoms with Gasteiger partial charge in [-0.15, -0.1) is 0 Å². The smallest absolute Gasteiger partial charge is 0.233 e. The van der Waals surface area contributed by atoms with Gasteiger partial charge < -0.3 is 4.74 Å². The van der Waals surface area contributed by atoms with E-state index in [1.54, 1.807) is 41.6 Å². The summed E-state index contributed by atoms with van der Waals surface area (Å²) in [5, 5.41) is 3.88. The molecule has 0 aliphatic carbocycles. The monoisotopic (exact) mass is 202 g/mol. The predicted octanol–water partition coefficient (Wildman–Crippen LogP) is 0.772. The lowest BCUT2D eigenvalue weighted by Gasteiger charge is -2.04. The van der Waals surface area contributed by atoms with Crippen molar-refractivity contribution in [2.75, 3.05) is 0 Å². The Hall–Kier alpha value is -2.17. The summed E-state index contributed by atoms with van der Waals surface area (Å²) in [6.45, 7) is 0.296. The number of ether oxygens (including phenoxy) is 1. The second kappa shape index (κ2) is 4.36. The fraction of sp³-hybridized carbons (Fsp3) is 0.100. The minimum atomic E-state index is 0.296. The molecule has 2 aromatic rings. The predicted molar refractivity (Wildman–Crippen MR) is 51.9 cm³/mol. The van der Waals surface area contributed by atoms with Gasteiger partial charge in [-0.2, -0.15) is 5.10 Å². The lowest BCUT2D eigenvalue weighted by Crippen LogP contribution is -2.05. The normalized spacial score (nSPS) is 9.87. The van der Waals surface area contributed by atoms with E-state index in [0.29, 0.717) is 18.0 Å². The van der Waals surface area contributed by atoms with E-state index in [4.69, 9.17) is 4.74 Å². The fourth-order valence-electron chi connectivity index (χ4n) is 1.06. The molecular formula is C10H8N3O2. The lowest BCUT2D eigenvalue weighted by atomic mass is 10.2. The number of nitrogens with zero attached hydrogens (tertiary/aromatic N) is 3. The highest BCUT2D eigenvalue weighted by atomic mass is 16.5. The molecule has 0 saturated carbocycles. The fourth-order valence-corrected chi connectivity index (χ4v) is 1.06. The number of hydrogen-bond donors (Lipinski definition) is 0. The Morgan fingerprint density at radius 2 is 2.13 bits per heavy atom. The van der Waals surface area contributed by atoms with Crippen molar-refractivity contribution in [3.63, 3.8) is 0 Å². The zero-order chi connectivity index (χ0) is 10.5. The zero-order valence-electron chi connectivity index (χ0n) is 7.83. The van der Waals surface area contributed by atoms with Crippen LogP contribution in [0.2, 0.25) is 0 Å². The van der Waals surface area contributed by atoms with E-state index >= 15 is 0 Å². The number of rotatable bonds is 4. The molecule has 0 unspecified atom stereocenters.